The second-order valence-electron chi connectivity index (χ2n) is 8.12. The van der Waals surface area contributed by atoms with Crippen molar-refractivity contribution in [1.82, 2.24) is 9.97 Å². The second kappa shape index (κ2) is 7.88. The Morgan fingerprint density at radius 1 is 0.588 bits per heavy atom. The summed E-state index contributed by atoms with van der Waals surface area (Å²) in [7, 11) is 0. The first kappa shape index (κ1) is 20.9. The van der Waals surface area contributed by atoms with Crippen LogP contribution in [0.1, 0.15) is 43.0 Å². The number of nitriles is 2. The summed E-state index contributed by atoms with van der Waals surface area (Å²) < 4.78 is 0. The molecular weight excluding hydrogens is 424 g/mol. The van der Waals surface area contributed by atoms with Crippen molar-refractivity contribution in [2.24, 2.45) is 0 Å². The Morgan fingerprint density at radius 2 is 0.941 bits per heavy atom. The molecule has 0 fully saturated rings. The van der Waals surface area contributed by atoms with Crippen molar-refractivity contribution < 1.29 is 9.59 Å². The largest absolute Gasteiger partial charge is 0.285 e. The summed E-state index contributed by atoms with van der Waals surface area (Å²) in [5.41, 5.74) is 6.33. The standard InChI is InChI=1S/C28H16N4O2/c1-15-13-31-25-23(21(15)19-7-3-17(11-29)4-8-19)27(33)28(34)24-22(16(2)14-32-26(24)25)20-9-5-18(12-30)6-10-20/h3-10,13-14H,1-2H3. The zero-order chi connectivity index (χ0) is 24.0. The van der Waals surface area contributed by atoms with Gasteiger partial charge >= 0.3 is 0 Å². The smallest absolute Gasteiger partial charge is 0.236 e. The van der Waals surface area contributed by atoms with Crippen molar-refractivity contribution in [3.05, 3.63) is 94.3 Å². The van der Waals surface area contributed by atoms with E-state index in [2.05, 4.69) is 22.1 Å². The number of pyridine rings is 2. The van der Waals surface area contributed by atoms with Gasteiger partial charge in [-0.3, -0.25) is 19.6 Å². The maximum absolute atomic E-state index is 13.5. The number of fused-ring (bicyclic) bond motifs is 3. The lowest BCUT2D eigenvalue weighted by Gasteiger charge is -2.23. The zero-order valence-corrected chi connectivity index (χ0v) is 18.4. The number of carbonyl (C=O) groups excluding carboxylic acids is 2. The molecule has 2 heterocycles. The van der Waals surface area contributed by atoms with Gasteiger partial charge in [-0.1, -0.05) is 24.3 Å². The number of aryl methyl sites for hydroxylation is 2. The van der Waals surface area contributed by atoms with Crippen LogP contribution in [0.2, 0.25) is 0 Å². The van der Waals surface area contributed by atoms with Crippen LogP contribution < -0.4 is 0 Å². The lowest BCUT2D eigenvalue weighted by atomic mass is 9.80. The molecule has 0 radical (unpaired) electrons. The summed E-state index contributed by atoms with van der Waals surface area (Å²) in [6, 6.07) is 17.9. The van der Waals surface area contributed by atoms with Gasteiger partial charge in [0, 0.05) is 12.4 Å². The van der Waals surface area contributed by atoms with E-state index < -0.39 is 11.6 Å². The van der Waals surface area contributed by atoms with E-state index >= 15 is 0 Å². The average Bonchev–Trinajstić information content (AvgIpc) is 2.87. The molecule has 0 N–H and O–H groups in total. The van der Waals surface area contributed by atoms with E-state index in [1.54, 1.807) is 60.9 Å². The van der Waals surface area contributed by atoms with Gasteiger partial charge in [0.2, 0.25) is 11.6 Å². The summed E-state index contributed by atoms with van der Waals surface area (Å²) in [5.74, 6) is -1.28. The van der Waals surface area contributed by atoms with Gasteiger partial charge in [-0.25, -0.2) is 0 Å². The molecule has 1 aliphatic carbocycles. The van der Waals surface area contributed by atoms with Crippen LogP contribution >= 0.6 is 0 Å². The molecule has 0 amide bonds. The third kappa shape index (κ3) is 3.09. The summed E-state index contributed by atoms with van der Waals surface area (Å²) in [6.07, 6.45) is 3.34. The van der Waals surface area contributed by atoms with E-state index in [0.29, 0.717) is 33.6 Å². The number of carbonyl (C=O) groups is 2. The van der Waals surface area contributed by atoms with Crippen molar-refractivity contribution in [1.29, 1.82) is 10.5 Å². The normalized spacial score (nSPS) is 11.9. The molecule has 0 bridgehead atoms. The molecule has 1 aliphatic rings. The quantitative estimate of drug-likeness (QED) is 0.396. The monoisotopic (exact) mass is 440 g/mol. The minimum absolute atomic E-state index is 0.226. The first-order valence-corrected chi connectivity index (χ1v) is 10.5. The third-order valence-corrected chi connectivity index (χ3v) is 6.03. The summed E-state index contributed by atoms with van der Waals surface area (Å²) in [6.45, 7) is 3.66. The fourth-order valence-corrected chi connectivity index (χ4v) is 4.41. The van der Waals surface area contributed by atoms with Crippen molar-refractivity contribution in [3.8, 4) is 45.8 Å². The molecule has 2 aromatic carbocycles. The molecule has 0 aliphatic heterocycles. The maximum atomic E-state index is 13.5. The van der Waals surface area contributed by atoms with Crippen LogP contribution in [0, 0.1) is 36.5 Å². The number of nitrogens with zero attached hydrogens (tertiary/aromatic N) is 4. The fraction of sp³-hybridized carbons (Fsp3) is 0.0714. The van der Waals surface area contributed by atoms with Crippen LogP contribution in [0.3, 0.4) is 0 Å². The molecule has 6 nitrogen and oxygen atoms in total. The van der Waals surface area contributed by atoms with Gasteiger partial charge in [0.1, 0.15) is 11.4 Å². The molecule has 0 saturated carbocycles. The van der Waals surface area contributed by atoms with Gasteiger partial charge < -0.3 is 0 Å². The lowest BCUT2D eigenvalue weighted by Crippen LogP contribution is -2.25. The molecule has 5 rings (SSSR count). The predicted molar refractivity (Wildman–Crippen MR) is 126 cm³/mol. The highest BCUT2D eigenvalue weighted by atomic mass is 16.2. The molecule has 4 aromatic rings. The SMILES string of the molecule is Cc1cnc2c(c1-c1ccc(C#N)cc1)C(=O)C(=O)c1c-2ncc(C)c1-c1ccc(C#N)cc1. The number of Topliss-reactive ketones (excluding diaryl/α,β-unsaturated/α-hetero) is 2. The van der Waals surface area contributed by atoms with E-state index in [-0.39, 0.29) is 11.1 Å². The van der Waals surface area contributed by atoms with Crippen LogP contribution in [0.4, 0.5) is 0 Å². The van der Waals surface area contributed by atoms with E-state index in [4.69, 9.17) is 10.5 Å². The number of hydrogen-bond acceptors (Lipinski definition) is 6. The first-order valence-electron chi connectivity index (χ1n) is 10.5. The zero-order valence-electron chi connectivity index (χ0n) is 18.4. The molecular formula is C28H16N4O2. The third-order valence-electron chi connectivity index (χ3n) is 6.03. The van der Waals surface area contributed by atoms with Gasteiger partial charge in [-0.15, -0.1) is 0 Å². The number of hydrogen-bond donors (Lipinski definition) is 0. The average molecular weight is 440 g/mol. The Bertz CT molecular complexity index is 1480. The van der Waals surface area contributed by atoms with Gasteiger partial charge in [0.15, 0.2) is 0 Å². The van der Waals surface area contributed by atoms with Gasteiger partial charge in [-0.2, -0.15) is 10.5 Å². The van der Waals surface area contributed by atoms with Crippen LogP contribution in [0.15, 0.2) is 60.9 Å². The summed E-state index contributed by atoms with van der Waals surface area (Å²) in [4.78, 5) is 36.1. The van der Waals surface area contributed by atoms with E-state index in [0.717, 1.165) is 22.3 Å². The Hall–Kier alpha value is -4.94. The van der Waals surface area contributed by atoms with Crippen LogP contribution in [-0.4, -0.2) is 21.5 Å². The summed E-state index contributed by atoms with van der Waals surface area (Å²) in [5, 5.41) is 18.2. The molecule has 0 atom stereocenters. The van der Waals surface area contributed by atoms with Crippen molar-refractivity contribution in [2.45, 2.75) is 13.8 Å². The van der Waals surface area contributed by atoms with Crippen molar-refractivity contribution in [2.75, 3.05) is 0 Å². The molecule has 0 spiro atoms. The second-order valence-corrected chi connectivity index (χ2v) is 8.12. The van der Waals surface area contributed by atoms with Crippen molar-refractivity contribution >= 4 is 11.6 Å². The van der Waals surface area contributed by atoms with Crippen molar-refractivity contribution in [3.63, 3.8) is 0 Å². The highest BCUT2D eigenvalue weighted by Gasteiger charge is 2.37. The Labute approximate surface area is 195 Å². The van der Waals surface area contributed by atoms with Gasteiger partial charge in [-0.05, 0) is 71.5 Å². The number of ketones is 2. The highest BCUT2D eigenvalue weighted by molar-refractivity contribution is 6.54. The van der Waals surface area contributed by atoms with Gasteiger partial charge in [0.25, 0.3) is 0 Å². The number of benzene rings is 2. The van der Waals surface area contributed by atoms with Crippen LogP contribution in [0.5, 0.6) is 0 Å². The molecule has 2 aromatic heterocycles. The van der Waals surface area contributed by atoms with Crippen LogP contribution in [-0.2, 0) is 0 Å². The van der Waals surface area contributed by atoms with Crippen LogP contribution in [0.25, 0.3) is 33.6 Å². The lowest BCUT2D eigenvalue weighted by molar-refractivity contribution is 0.0815. The minimum Gasteiger partial charge on any atom is -0.285 e. The molecule has 6 heteroatoms. The van der Waals surface area contributed by atoms with Gasteiger partial charge in [0.05, 0.1) is 34.4 Å². The predicted octanol–water partition coefficient (Wildman–Crippen LogP) is 5.22. The molecule has 160 valence electrons. The Morgan fingerprint density at radius 3 is 1.26 bits per heavy atom. The minimum atomic E-state index is -0.639. The Kier molecular flexibility index (Phi) is 4.85. The van der Waals surface area contributed by atoms with E-state index in [1.165, 1.54) is 0 Å². The Balaban J connectivity index is 1.80. The van der Waals surface area contributed by atoms with E-state index in [9.17, 15) is 9.59 Å². The number of aromatic nitrogens is 2. The molecule has 34 heavy (non-hydrogen) atoms. The first-order chi connectivity index (χ1) is 16.4. The molecule has 0 saturated heterocycles. The maximum Gasteiger partial charge on any atom is 0.236 e. The molecule has 0 unspecified atom stereocenters. The fourth-order valence-electron chi connectivity index (χ4n) is 4.41. The highest BCUT2D eigenvalue weighted by Crippen LogP contribution is 2.42. The topological polar surface area (TPSA) is 108 Å². The number of rotatable bonds is 2. The summed E-state index contributed by atoms with van der Waals surface area (Å²) >= 11 is 0. The van der Waals surface area contributed by atoms with E-state index in [1.807, 2.05) is 13.8 Å².